The third kappa shape index (κ3) is 5.46. The summed E-state index contributed by atoms with van der Waals surface area (Å²) in [5.74, 6) is 0.730. The fraction of sp³-hybridized carbons (Fsp3) is 0.400. The first-order chi connectivity index (χ1) is 15.0. The molecule has 1 atom stereocenters. The van der Waals surface area contributed by atoms with Crippen LogP contribution in [-0.4, -0.2) is 53.6 Å². The van der Waals surface area contributed by atoms with Gasteiger partial charge in [-0.2, -0.15) is 0 Å². The molecule has 1 fully saturated rings. The van der Waals surface area contributed by atoms with E-state index >= 15 is 0 Å². The number of morpholine rings is 1. The molecule has 0 N–H and O–H groups in total. The Morgan fingerprint density at radius 3 is 2.58 bits per heavy atom. The summed E-state index contributed by atoms with van der Waals surface area (Å²) in [6, 6.07) is 13.0. The zero-order valence-electron chi connectivity index (χ0n) is 18.9. The molecule has 162 valence electrons. The summed E-state index contributed by atoms with van der Waals surface area (Å²) < 4.78 is 6.12. The van der Waals surface area contributed by atoms with Crippen molar-refractivity contribution in [3.63, 3.8) is 0 Å². The maximum Gasteiger partial charge on any atom is 0.224 e. The van der Waals surface area contributed by atoms with Gasteiger partial charge in [0.2, 0.25) is 5.95 Å². The second-order valence-electron chi connectivity index (χ2n) is 8.53. The molecular weight excluding hydrogens is 386 g/mol. The molecule has 0 radical (unpaired) electrons. The zero-order valence-corrected chi connectivity index (χ0v) is 18.9. The van der Waals surface area contributed by atoms with Crippen molar-refractivity contribution in [1.82, 2.24) is 19.9 Å². The average molecular weight is 418 g/mol. The van der Waals surface area contributed by atoms with E-state index in [4.69, 9.17) is 9.72 Å². The van der Waals surface area contributed by atoms with Crippen LogP contribution in [0.4, 0.5) is 5.95 Å². The summed E-state index contributed by atoms with van der Waals surface area (Å²) in [4.78, 5) is 18.0. The Labute approximate surface area is 184 Å². The largest absolute Gasteiger partial charge is 0.369 e. The van der Waals surface area contributed by atoms with Crippen LogP contribution in [0.25, 0.3) is 0 Å². The minimum atomic E-state index is -0.0220. The first-order valence-corrected chi connectivity index (χ1v) is 10.8. The molecule has 0 bridgehead atoms. The maximum absolute atomic E-state index is 6.12. The molecule has 1 aromatic carbocycles. The molecule has 6 heteroatoms. The highest BCUT2D eigenvalue weighted by atomic mass is 16.5. The summed E-state index contributed by atoms with van der Waals surface area (Å²) in [6.07, 6.45) is 4.72. The molecule has 31 heavy (non-hydrogen) atoms. The smallest absolute Gasteiger partial charge is 0.224 e. The Kier molecular flexibility index (Phi) is 6.59. The molecule has 0 amide bonds. The van der Waals surface area contributed by atoms with Gasteiger partial charge in [-0.25, -0.2) is 9.97 Å². The summed E-state index contributed by atoms with van der Waals surface area (Å²) >= 11 is 0. The molecule has 3 heterocycles. The Bertz CT molecular complexity index is 1020. The molecule has 2 aromatic heterocycles. The lowest BCUT2D eigenvalue weighted by atomic mass is 9.99. The molecule has 0 unspecified atom stereocenters. The van der Waals surface area contributed by atoms with Gasteiger partial charge >= 0.3 is 0 Å². The van der Waals surface area contributed by atoms with Gasteiger partial charge in [-0.05, 0) is 49.1 Å². The average Bonchev–Trinajstić information content (AvgIpc) is 2.76. The van der Waals surface area contributed by atoms with Crippen LogP contribution >= 0.6 is 0 Å². The van der Waals surface area contributed by atoms with Crippen molar-refractivity contribution in [1.29, 1.82) is 0 Å². The van der Waals surface area contributed by atoms with E-state index in [1.807, 2.05) is 31.4 Å². The number of benzene rings is 1. The second-order valence-corrected chi connectivity index (χ2v) is 8.53. The van der Waals surface area contributed by atoms with E-state index in [-0.39, 0.29) is 6.10 Å². The van der Waals surface area contributed by atoms with Gasteiger partial charge < -0.3 is 9.64 Å². The third-order valence-corrected chi connectivity index (χ3v) is 5.67. The number of rotatable bonds is 6. The molecule has 4 rings (SSSR count). The summed E-state index contributed by atoms with van der Waals surface area (Å²) in [5, 5.41) is 0. The zero-order chi connectivity index (χ0) is 21.8. The minimum Gasteiger partial charge on any atom is -0.369 e. The first-order valence-electron chi connectivity index (χ1n) is 10.8. The molecule has 1 saturated heterocycles. The summed E-state index contributed by atoms with van der Waals surface area (Å²) in [6.45, 7) is 7.46. The third-order valence-electron chi connectivity index (χ3n) is 5.67. The van der Waals surface area contributed by atoms with Crippen molar-refractivity contribution < 1.29 is 4.74 Å². The Balaban J connectivity index is 1.46. The van der Waals surface area contributed by atoms with Gasteiger partial charge in [0.1, 0.15) is 6.10 Å². The highest BCUT2D eigenvalue weighted by molar-refractivity contribution is 5.33. The molecule has 3 aromatic rings. The van der Waals surface area contributed by atoms with E-state index < -0.39 is 0 Å². The van der Waals surface area contributed by atoms with E-state index in [0.29, 0.717) is 6.61 Å². The molecule has 1 aliphatic rings. The standard InChI is InChI=1S/C25H31N5O/c1-18-7-5-6-8-22(18)12-20-11-19(2)28-23(13-20)24-17-30(9-10-31-24)16-21-14-26-25(27-15-21)29(3)4/h5-8,11,13-15,24H,9-10,12,16-17H2,1-4H3/t24-/m0/s1. The highest BCUT2D eigenvalue weighted by Crippen LogP contribution is 2.24. The normalized spacial score (nSPS) is 17.0. The number of hydrogen-bond donors (Lipinski definition) is 0. The Hall–Kier alpha value is -2.83. The van der Waals surface area contributed by atoms with Gasteiger partial charge in [-0.1, -0.05) is 24.3 Å². The van der Waals surface area contributed by atoms with Crippen LogP contribution in [0, 0.1) is 13.8 Å². The number of aryl methyl sites for hydroxylation is 2. The minimum absolute atomic E-state index is 0.0220. The lowest BCUT2D eigenvalue weighted by Gasteiger charge is -2.32. The van der Waals surface area contributed by atoms with Crippen LogP contribution in [0.5, 0.6) is 0 Å². The van der Waals surface area contributed by atoms with Crippen LogP contribution in [-0.2, 0) is 17.7 Å². The van der Waals surface area contributed by atoms with Gasteiger partial charge in [0.05, 0.1) is 12.3 Å². The SMILES string of the molecule is Cc1cc(Cc2ccccc2C)cc([C@@H]2CN(Cc3cnc(N(C)C)nc3)CCO2)n1. The summed E-state index contributed by atoms with van der Waals surface area (Å²) in [5.41, 5.74) is 7.13. The number of anilines is 1. The predicted octanol–water partition coefficient (Wildman–Crippen LogP) is 3.72. The van der Waals surface area contributed by atoms with Crippen molar-refractivity contribution in [3.8, 4) is 0 Å². The molecule has 0 spiro atoms. The molecule has 1 aliphatic heterocycles. The van der Waals surface area contributed by atoms with E-state index in [1.54, 1.807) is 0 Å². The van der Waals surface area contributed by atoms with E-state index in [1.165, 1.54) is 16.7 Å². The lowest BCUT2D eigenvalue weighted by Crippen LogP contribution is -2.38. The van der Waals surface area contributed by atoms with Crippen molar-refractivity contribution in [2.24, 2.45) is 0 Å². The first kappa shape index (κ1) is 21.4. The molecule has 0 aliphatic carbocycles. The van der Waals surface area contributed by atoms with Gasteiger partial charge in [0.15, 0.2) is 0 Å². The molecule has 0 saturated carbocycles. The van der Waals surface area contributed by atoms with Crippen LogP contribution in [0.15, 0.2) is 48.8 Å². The van der Waals surface area contributed by atoms with Gasteiger partial charge in [0, 0.05) is 57.4 Å². The quantitative estimate of drug-likeness (QED) is 0.609. The molecular formula is C25H31N5O. The second kappa shape index (κ2) is 9.54. The predicted molar refractivity (Wildman–Crippen MR) is 123 cm³/mol. The Morgan fingerprint density at radius 1 is 1.06 bits per heavy atom. The van der Waals surface area contributed by atoms with E-state index in [0.717, 1.165) is 49.0 Å². The highest BCUT2D eigenvalue weighted by Gasteiger charge is 2.24. The number of aromatic nitrogens is 3. The number of hydrogen-bond acceptors (Lipinski definition) is 6. The fourth-order valence-electron chi connectivity index (χ4n) is 4.01. The van der Waals surface area contributed by atoms with Crippen molar-refractivity contribution >= 4 is 5.95 Å². The monoisotopic (exact) mass is 417 g/mol. The Morgan fingerprint density at radius 2 is 1.84 bits per heavy atom. The summed E-state index contributed by atoms with van der Waals surface area (Å²) in [7, 11) is 3.90. The van der Waals surface area contributed by atoms with Crippen LogP contribution in [0.1, 0.15) is 39.7 Å². The lowest BCUT2D eigenvalue weighted by molar-refractivity contribution is -0.0351. The van der Waals surface area contributed by atoms with Gasteiger partial charge in [0.25, 0.3) is 0 Å². The van der Waals surface area contributed by atoms with Gasteiger partial charge in [-0.15, -0.1) is 0 Å². The fourth-order valence-corrected chi connectivity index (χ4v) is 4.01. The topological polar surface area (TPSA) is 54.4 Å². The number of nitrogens with zero attached hydrogens (tertiary/aromatic N) is 5. The van der Waals surface area contributed by atoms with Crippen molar-refractivity contribution in [2.75, 3.05) is 38.7 Å². The van der Waals surface area contributed by atoms with Gasteiger partial charge in [-0.3, -0.25) is 9.88 Å². The van der Waals surface area contributed by atoms with E-state index in [2.05, 4.69) is 65.1 Å². The van der Waals surface area contributed by atoms with Crippen molar-refractivity contribution in [2.45, 2.75) is 32.9 Å². The van der Waals surface area contributed by atoms with Crippen LogP contribution in [0.3, 0.4) is 0 Å². The maximum atomic E-state index is 6.12. The van der Waals surface area contributed by atoms with Crippen LogP contribution < -0.4 is 4.90 Å². The molecule has 6 nitrogen and oxygen atoms in total. The van der Waals surface area contributed by atoms with Crippen molar-refractivity contribution in [3.05, 3.63) is 82.4 Å². The number of ether oxygens (including phenoxy) is 1. The number of pyridine rings is 1. The van der Waals surface area contributed by atoms with Crippen LogP contribution in [0.2, 0.25) is 0 Å². The van der Waals surface area contributed by atoms with E-state index in [9.17, 15) is 0 Å².